The van der Waals surface area contributed by atoms with Crippen LogP contribution in [0.2, 0.25) is 0 Å². The first-order valence-corrected chi connectivity index (χ1v) is 12.7. The summed E-state index contributed by atoms with van der Waals surface area (Å²) in [5.74, 6) is 0. The fourth-order valence-corrected chi connectivity index (χ4v) is 4.72. The summed E-state index contributed by atoms with van der Waals surface area (Å²) in [7, 11) is 0. The van der Waals surface area contributed by atoms with Crippen LogP contribution in [0.5, 0.6) is 0 Å². The Labute approximate surface area is 196 Å². The van der Waals surface area contributed by atoms with E-state index in [9.17, 15) is 0 Å². The minimum atomic E-state index is -0.143. The largest absolute Gasteiger partial charge is 0.380 e. The summed E-state index contributed by atoms with van der Waals surface area (Å²) in [6, 6.07) is 8.93. The maximum Gasteiger partial charge on any atom is 0.0724 e. The molecule has 182 valence electrons. The van der Waals surface area contributed by atoms with Crippen molar-refractivity contribution in [2.75, 3.05) is 33.0 Å². The molecule has 3 rings (SSSR count). The van der Waals surface area contributed by atoms with Gasteiger partial charge in [-0.3, -0.25) is 0 Å². The maximum atomic E-state index is 6.48. The van der Waals surface area contributed by atoms with Gasteiger partial charge in [0.25, 0.3) is 0 Å². The first-order valence-electron chi connectivity index (χ1n) is 12.7. The van der Waals surface area contributed by atoms with Crippen molar-refractivity contribution in [3.05, 3.63) is 35.4 Å². The summed E-state index contributed by atoms with van der Waals surface area (Å²) in [5, 5.41) is 0. The van der Waals surface area contributed by atoms with Crippen LogP contribution in [0.25, 0.3) is 0 Å². The van der Waals surface area contributed by atoms with Crippen molar-refractivity contribution < 1.29 is 18.9 Å². The van der Waals surface area contributed by atoms with E-state index in [4.69, 9.17) is 18.9 Å². The van der Waals surface area contributed by atoms with E-state index < -0.39 is 0 Å². The molecule has 2 atom stereocenters. The second kappa shape index (κ2) is 10.5. The fourth-order valence-electron chi connectivity index (χ4n) is 4.72. The molecule has 1 aromatic carbocycles. The Bertz CT molecular complexity index is 696. The van der Waals surface area contributed by atoms with Gasteiger partial charge in [-0.2, -0.15) is 0 Å². The van der Waals surface area contributed by atoms with Crippen LogP contribution >= 0.6 is 0 Å². The average molecular weight is 447 g/mol. The molecule has 1 aromatic rings. The van der Waals surface area contributed by atoms with Crippen LogP contribution in [0.4, 0.5) is 0 Å². The van der Waals surface area contributed by atoms with Crippen molar-refractivity contribution >= 4 is 0 Å². The molecule has 0 N–H and O–H groups in total. The van der Waals surface area contributed by atoms with E-state index in [1.54, 1.807) is 0 Å². The van der Waals surface area contributed by atoms with Crippen LogP contribution in [0.3, 0.4) is 0 Å². The maximum absolute atomic E-state index is 6.48. The van der Waals surface area contributed by atoms with Crippen molar-refractivity contribution in [3.63, 3.8) is 0 Å². The smallest absolute Gasteiger partial charge is 0.0724 e. The summed E-state index contributed by atoms with van der Waals surface area (Å²) < 4.78 is 23.9. The number of rotatable bonds is 14. The van der Waals surface area contributed by atoms with Gasteiger partial charge in [-0.05, 0) is 57.1 Å². The highest BCUT2D eigenvalue weighted by Crippen LogP contribution is 2.42. The van der Waals surface area contributed by atoms with Crippen LogP contribution in [0, 0.1) is 10.8 Å². The highest BCUT2D eigenvalue weighted by atomic mass is 16.5. The molecule has 0 radical (unpaired) electrons. The predicted octanol–water partition coefficient (Wildman–Crippen LogP) is 6.34. The Hall–Kier alpha value is -0.940. The zero-order chi connectivity index (χ0) is 23.3. The lowest BCUT2D eigenvalue weighted by molar-refractivity contribution is -0.178. The fraction of sp³-hybridized carbons (Fsp3) is 0.786. The number of ether oxygens (including phenoxy) is 4. The van der Waals surface area contributed by atoms with Gasteiger partial charge in [0.2, 0.25) is 0 Å². The Morgan fingerprint density at radius 1 is 0.750 bits per heavy atom. The SMILES string of the molecule is CCC1(COC(C)(CC)Cc2ccc(COC(C)(CC)CC3(CC)COC3)cc2)COC1. The lowest BCUT2D eigenvalue weighted by atomic mass is 9.73. The molecular formula is C28H46O4. The van der Waals surface area contributed by atoms with Gasteiger partial charge in [0.15, 0.2) is 0 Å². The van der Waals surface area contributed by atoms with Gasteiger partial charge in [-0.25, -0.2) is 0 Å². The lowest BCUT2D eigenvalue weighted by Gasteiger charge is -2.46. The van der Waals surface area contributed by atoms with Crippen LogP contribution in [0.15, 0.2) is 24.3 Å². The highest BCUT2D eigenvalue weighted by molar-refractivity contribution is 5.23. The quantitative estimate of drug-likeness (QED) is 0.334. The summed E-state index contributed by atoms with van der Waals surface area (Å²) in [6.45, 7) is 18.3. The Morgan fingerprint density at radius 3 is 1.72 bits per heavy atom. The first kappa shape index (κ1) is 25.7. The van der Waals surface area contributed by atoms with E-state index in [-0.39, 0.29) is 16.6 Å². The van der Waals surface area contributed by atoms with Gasteiger partial charge in [0.1, 0.15) is 0 Å². The topological polar surface area (TPSA) is 36.9 Å². The molecule has 0 spiro atoms. The molecule has 2 fully saturated rings. The molecule has 0 saturated carbocycles. The highest BCUT2D eigenvalue weighted by Gasteiger charge is 2.43. The third-order valence-corrected chi connectivity index (χ3v) is 8.29. The van der Waals surface area contributed by atoms with Gasteiger partial charge in [-0.1, -0.05) is 52.0 Å². The molecule has 2 aliphatic rings. The normalized spacial score (nSPS) is 22.9. The summed E-state index contributed by atoms with van der Waals surface area (Å²) in [5.41, 5.74) is 2.85. The third kappa shape index (κ3) is 6.14. The number of hydrogen-bond acceptors (Lipinski definition) is 4. The number of benzene rings is 1. The average Bonchev–Trinajstić information content (AvgIpc) is 2.75. The Morgan fingerprint density at radius 2 is 1.28 bits per heavy atom. The Kier molecular flexibility index (Phi) is 8.46. The third-order valence-electron chi connectivity index (χ3n) is 8.29. The molecule has 4 nitrogen and oxygen atoms in total. The van der Waals surface area contributed by atoms with Crippen LogP contribution in [0.1, 0.15) is 84.8 Å². The van der Waals surface area contributed by atoms with Crippen molar-refractivity contribution in [2.45, 2.75) is 97.9 Å². The van der Waals surface area contributed by atoms with E-state index in [0.29, 0.717) is 12.0 Å². The summed E-state index contributed by atoms with van der Waals surface area (Å²) >= 11 is 0. The second-order valence-corrected chi connectivity index (χ2v) is 11.0. The zero-order valence-corrected chi connectivity index (χ0v) is 21.4. The van der Waals surface area contributed by atoms with Gasteiger partial charge < -0.3 is 18.9 Å². The Balaban J connectivity index is 1.53. The number of hydrogen-bond donors (Lipinski definition) is 0. The molecule has 32 heavy (non-hydrogen) atoms. The summed E-state index contributed by atoms with van der Waals surface area (Å²) in [4.78, 5) is 0. The molecule has 2 aliphatic heterocycles. The lowest BCUT2D eigenvalue weighted by Crippen LogP contribution is -2.48. The molecule has 0 aliphatic carbocycles. The minimum Gasteiger partial charge on any atom is -0.380 e. The molecule has 4 heteroatoms. The molecule has 0 amide bonds. The van der Waals surface area contributed by atoms with Crippen LogP contribution in [-0.4, -0.2) is 44.2 Å². The van der Waals surface area contributed by atoms with Crippen molar-refractivity contribution in [1.82, 2.24) is 0 Å². The van der Waals surface area contributed by atoms with Crippen LogP contribution in [-0.2, 0) is 32.0 Å². The van der Waals surface area contributed by atoms with E-state index in [1.807, 2.05) is 0 Å². The minimum absolute atomic E-state index is 0.104. The molecule has 0 aromatic heterocycles. The summed E-state index contributed by atoms with van der Waals surface area (Å²) in [6.07, 6.45) is 6.29. The van der Waals surface area contributed by atoms with E-state index in [2.05, 4.69) is 65.8 Å². The molecule has 2 unspecified atom stereocenters. The van der Waals surface area contributed by atoms with Gasteiger partial charge in [0, 0.05) is 17.3 Å². The second-order valence-electron chi connectivity index (χ2n) is 11.0. The van der Waals surface area contributed by atoms with E-state index in [1.165, 1.54) is 11.1 Å². The van der Waals surface area contributed by atoms with E-state index in [0.717, 1.165) is 71.6 Å². The zero-order valence-electron chi connectivity index (χ0n) is 21.4. The van der Waals surface area contributed by atoms with Gasteiger partial charge in [0.05, 0.1) is 50.8 Å². The molecular weight excluding hydrogens is 400 g/mol. The van der Waals surface area contributed by atoms with Gasteiger partial charge >= 0.3 is 0 Å². The first-order chi connectivity index (χ1) is 15.2. The molecule has 2 heterocycles. The predicted molar refractivity (Wildman–Crippen MR) is 130 cm³/mol. The van der Waals surface area contributed by atoms with E-state index >= 15 is 0 Å². The van der Waals surface area contributed by atoms with Crippen molar-refractivity contribution in [2.24, 2.45) is 10.8 Å². The molecule has 0 bridgehead atoms. The van der Waals surface area contributed by atoms with Crippen LogP contribution < -0.4 is 0 Å². The van der Waals surface area contributed by atoms with Gasteiger partial charge in [-0.15, -0.1) is 0 Å². The van der Waals surface area contributed by atoms with Crippen molar-refractivity contribution in [1.29, 1.82) is 0 Å². The monoisotopic (exact) mass is 446 g/mol. The standard InChI is InChI=1S/C28H46O4/c1-7-25(5,32-22-28(10-4)20-30-21-28)15-23-11-13-24(14-12-23)16-31-26(6,8-2)17-27(9-3)18-29-19-27/h11-14H,7-10,15-22H2,1-6H3. The molecule has 2 saturated heterocycles. The van der Waals surface area contributed by atoms with Crippen molar-refractivity contribution in [3.8, 4) is 0 Å².